The van der Waals surface area contributed by atoms with Gasteiger partial charge in [-0.1, -0.05) is 70.3 Å². The first-order chi connectivity index (χ1) is 71.8. The monoisotopic (exact) mass is 2160 g/mol. The van der Waals surface area contributed by atoms with Crippen molar-refractivity contribution in [3.8, 4) is 45.9 Å². The third kappa shape index (κ3) is 34.3. The molecule has 0 unspecified atom stereocenters. The number of nitrogens with zero attached hydrogens (tertiary/aromatic N) is 18. The predicted octanol–water partition coefficient (Wildman–Crippen LogP) is 14.4. The van der Waals surface area contributed by atoms with Gasteiger partial charge in [0, 0.05) is 105 Å². The number of carbonyl (C=O) groups is 2. The number of ketones is 2. The Kier molecular flexibility index (Phi) is 40.1. The minimum atomic E-state index is -2.32. The van der Waals surface area contributed by atoms with Crippen LogP contribution in [0, 0.1) is 13.8 Å². The van der Waals surface area contributed by atoms with Crippen LogP contribution >= 0.6 is 23.5 Å². The van der Waals surface area contributed by atoms with E-state index in [-0.39, 0.29) is 61.8 Å². The number of Topliss-reactive ketones (excluding diaryl/α,β-unsaturated/α-hetero) is 2. The Labute approximate surface area is 884 Å². The third-order valence-electron chi connectivity index (χ3n) is 23.3. The molecule has 45 heteroatoms. The fourth-order valence-corrected chi connectivity index (χ4v) is 35.6. The van der Waals surface area contributed by atoms with Crippen LogP contribution in [0.3, 0.4) is 0 Å². The van der Waals surface area contributed by atoms with Crippen molar-refractivity contribution in [2.24, 2.45) is 0 Å². The zero-order valence-corrected chi connectivity index (χ0v) is 93.6. The second-order valence-corrected chi connectivity index (χ2v) is 60.3. The number of likely N-dealkylation sites (N-methyl/N-ethyl adjacent to an activating group) is 1. The van der Waals surface area contributed by atoms with Gasteiger partial charge < -0.3 is 80.6 Å². The molecule has 0 aliphatic carbocycles. The quantitative estimate of drug-likeness (QED) is 0.0105. The number of ether oxygens (including phenoxy) is 12. The summed E-state index contributed by atoms with van der Waals surface area (Å²) in [4.78, 5) is 92.0. The first-order valence-electron chi connectivity index (χ1n) is 49.7. The van der Waals surface area contributed by atoms with E-state index in [0.29, 0.717) is 219 Å². The zero-order valence-electron chi connectivity index (χ0n) is 88.0. The van der Waals surface area contributed by atoms with Crippen molar-refractivity contribution < 1.29 is 84.9 Å². The van der Waals surface area contributed by atoms with Crippen LogP contribution in [0.1, 0.15) is 101 Å². The zero-order chi connectivity index (χ0) is 107. The number of aromatic nitrogens is 18. The van der Waals surface area contributed by atoms with E-state index in [2.05, 4.69) is 118 Å². The predicted molar refractivity (Wildman–Crippen MR) is 578 cm³/mol. The lowest BCUT2D eigenvalue weighted by atomic mass is 10.1. The average molecular weight is 2160 g/mol. The van der Waals surface area contributed by atoms with Crippen LogP contribution in [0.5, 0.6) is 34.5 Å². The third-order valence-corrected chi connectivity index (χ3v) is 41.5. The van der Waals surface area contributed by atoms with Crippen molar-refractivity contribution in [3.05, 3.63) is 273 Å². The molecule has 0 atom stereocenters. The number of aliphatic hydroxyl groups is 2. The largest absolute Gasteiger partial charge is 0.494 e. The van der Waals surface area contributed by atoms with E-state index < -0.39 is 61.1 Å². The van der Waals surface area contributed by atoms with Gasteiger partial charge in [-0.3, -0.25) is 48.5 Å². The van der Waals surface area contributed by atoms with Gasteiger partial charge in [-0.05, 0) is 193 Å². The maximum absolute atomic E-state index is 13.9. The number of thioether (sulfide) groups is 2. The van der Waals surface area contributed by atoms with E-state index in [0.717, 1.165) is 32.7 Å². The van der Waals surface area contributed by atoms with E-state index in [1.807, 2.05) is 99.2 Å². The molecular formula is C105H135N19O20S2Si4. The highest BCUT2D eigenvalue weighted by atomic mass is 32.2. The molecule has 10 aromatic heterocycles. The maximum atomic E-state index is 13.9. The number of fused-ring (bicyclic) bond motifs is 2. The van der Waals surface area contributed by atoms with Crippen molar-refractivity contribution in [2.45, 2.75) is 193 Å². The molecule has 0 saturated carbocycles. The lowest BCUT2D eigenvalue weighted by molar-refractivity contribution is 0.00376. The molecule has 14 aromatic rings. The molecule has 0 amide bonds. The van der Waals surface area contributed by atoms with Crippen LogP contribution in [0.15, 0.2) is 215 Å². The van der Waals surface area contributed by atoms with Gasteiger partial charge >= 0.3 is 0 Å². The van der Waals surface area contributed by atoms with Gasteiger partial charge in [0.05, 0.1) is 209 Å². The number of nitrogens with one attached hydrogen (secondary N) is 1. The first-order valence-corrected chi connectivity index (χ1v) is 64.1. The van der Waals surface area contributed by atoms with Gasteiger partial charge in [0.1, 0.15) is 69.5 Å². The second kappa shape index (κ2) is 52.9. The molecule has 798 valence electrons. The van der Waals surface area contributed by atoms with Crippen molar-refractivity contribution in [1.82, 2.24) is 93.9 Å². The summed E-state index contributed by atoms with van der Waals surface area (Å²) in [6.07, 6.45) is 18.0. The lowest BCUT2D eigenvalue weighted by Gasteiger charge is -2.33. The molecule has 0 aliphatic rings. The molecule has 0 bridgehead atoms. The fourth-order valence-electron chi connectivity index (χ4n) is 16.3. The Morgan fingerprint density at radius 1 is 0.413 bits per heavy atom. The van der Waals surface area contributed by atoms with Crippen LogP contribution in [-0.4, -0.2) is 270 Å². The summed E-state index contributed by atoms with van der Waals surface area (Å²) in [5.41, 5.74) is 3.92. The van der Waals surface area contributed by atoms with Gasteiger partial charge in [0.2, 0.25) is 16.6 Å². The van der Waals surface area contributed by atoms with Gasteiger partial charge in [-0.2, -0.15) is 0 Å². The summed E-state index contributed by atoms with van der Waals surface area (Å²) in [6.45, 7) is 36.9. The molecular weight excluding hydrogens is 2020 g/mol. The number of para-hydroxylation sites is 2. The Bertz CT molecular complexity index is 6470. The first kappa shape index (κ1) is 114. The molecule has 3 N–H and O–H groups in total. The molecule has 0 aliphatic heterocycles. The molecule has 150 heavy (non-hydrogen) atoms. The van der Waals surface area contributed by atoms with Crippen LogP contribution in [0.25, 0.3) is 33.2 Å². The normalized spacial score (nSPS) is 12.4. The highest BCUT2D eigenvalue weighted by Crippen LogP contribution is 2.36. The number of hydrogen-bond acceptors (Lipinski definition) is 35. The Morgan fingerprint density at radius 2 is 0.787 bits per heavy atom. The second-order valence-electron chi connectivity index (χ2n) is 40.4. The van der Waals surface area contributed by atoms with Gasteiger partial charge in [0.25, 0.3) is 11.1 Å². The molecule has 0 radical (unpaired) electrons. The smallest absolute Gasteiger partial charge is 0.282 e. The molecule has 39 nitrogen and oxygen atoms in total. The molecule has 0 spiro atoms. The standard InChI is InChI=1S/C105H135N19O20S2Si4/c1-75-97(99(127)123(83-23-19-17-20-24-83)121(75)67-103(3,4)129)93(125)51-79-27-29-87(59-109-79)141-95-35-37-107-91-53-85(31-33-89(91)95)139-71-147(9,10)143-149(13,14)73-145-101-111-55-77(56-112-101)63-135-49-47-133-45-43-131-41-39-119-61-81(115-117-119)65-137-69-105(7,106-8)70-138-66-82-62-120(118-116-82)40-42-132-44-46-134-48-50-136-64-78-57-113-102(114-58-78)146-74-150(15,16)144-148(11,12)72-140-86-32-34-90-92(54-86)108-38-36-96(90)142-88-30-28-80(110-60-88)52-94(126)98-76(2)122(68-104(5,6)130)124(100(98)128)84-25-21-18-22-26-84/h17-38,53-62,106,129-130H,39-52,63-74H2,1-16H3. The average Bonchev–Trinajstić information content (AvgIpc) is 1.61. The lowest BCUT2D eigenvalue weighted by Crippen LogP contribution is -2.50. The molecule has 0 saturated heterocycles. The van der Waals surface area contributed by atoms with Crippen molar-refractivity contribution in [3.63, 3.8) is 0 Å². The highest BCUT2D eigenvalue weighted by molar-refractivity contribution is 8.01. The molecule has 14 rings (SSSR count). The molecule has 0 fully saturated rings. The number of carbonyl (C=O) groups excluding carboxylic acids is 2. The fraction of sp³-hybridized carbons (Fsp3) is 0.429. The highest BCUT2D eigenvalue weighted by Gasteiger charge is 2.38. The summed E-state index contributed by atoms with van der Waals surface area (Å²) in [5, 5.41) is 46.2. The van der Waals surface area contributed by atoms with E-state index in [1.54, 1.807) is 194 Å². The number of benzene rings is 4. The molecule has 4 aromatic carbocycles. The summed E-state index contributed by atoms with van der Waals surface area (Å²) in [5.74, 6) is 2.62. The molecule has 10 heterocycles. The van der Waals surface area contributed by atoms with Crippen LogP contribution in [0.2, 0.25) is 52.4 Å². The van der Waals surface area contributed by atoms with Gasteiger partial charge in [-0.25, -0.2) is 38.7 Å². The minimum absolute atomic E-state index is 0.0508. The number of hydrogen-bond donors (Lipinski definition) is 3. The summed E-state index contributed by atoms with van der Waals surface area (Å²) in [6, 6.07) is 40.0. The van der Waals surface area contributed by atoms with Crippen molar-refractivity contribution in [2.75, 3.05) is 110 Å². The summed E-state index contributed by atoms with van der Waals surface area (Å²) < 4.78 is 95.8. The Balaban J connectivity index is 0.392. The van der Waals surface area contributed by atoms with Gasteiger partial charge in [0.15, 0.2) is 38.5 Å². The topological polar surface area (TPSA) is 434 Å². The van der Waals surface area contributed by atoms with Crippen LogP contribution in [-0.2, 0) is 112 Å². The summed E-state index contributed by atoms with van der Waals surface area (Å²) in [7, 11) is -7.19. The summed E-state index contributed by atoms with van der Waals surface area (Å²) >= 11 is 3.17. The maximum Gasteiger partial charge on any atom is 0.282 e. The SMILES string of the molecule is CNC(C)(COCc1cn(CCOCCOCCOCc2cnc(SC[Si](C)(C)O[Si](C)(C)COc3ccc4c(Oc5ccc(CC(=O)c6c(C)n(CC(C)(C)O)n(-c7ccccc7)c6=O)nc5)ccnc4c3)nc2)nn1)COCc1cn(CCOCCOCCOCc2cnc(SC[Si](C)(C)O[Si](C)(C)COc3ccc4c(Oc5ccc(CC(=O)c6c(C)n(CC(C)(C)O)n(-c7ccccc7)c6=O)nc5)ccnc4c3)nc2)nn1. The van der Waals surface area contributed by atoms with Crippen molar-refractivity contribution >= 4 is 90.2 Å². The Hall–Kier alpha value is -12.0. The van der Waals surface area contributed by atoms with E-state index in [1.165, 1.54) is 9.36 Å². The van der Waals surface area contributed by atoms with E-state index in [9.17, 15) is 29.4 Å². The van der Waals surface area contributed by atoms with E-state index in [4.69, 9.17) is 65.1 Å². The number of rotatable bonds is 63. The van der Waals surface area contributed by atoms with Crippen molar-refractivity contribution in [1.29, 1.82) is 0 Å². The van der Waals surface area contributed by atoms with Gasteiger partial charge in [-0.15, -0.1) is 10.2 Å². The van der Waals surface area contributed by atoms with Crippen LogP contribution < -0.4 is 35.4 Å². The van der Waals surface area contributed by atoms with E-state index >= 15 is 0 Å². The minimum Gasteiger partial charge on any atom is -0.494 e. The number of pyridine rings is 4. The van der Waals surface area contributed by atoms with Crippen LogP contribution in [0.4, 0.5) is 0 Å². The Morgan fingerprint density at radius 3 is 1.15 bits per heavy atom.